The molecular weight excluding hydrogens is 604 g/mol. The van der Waals surface area contributed by atoms with E-state index in [0.29, 0.717) is 19.4 Å². The lowest BCUT2D eigenvalue weighted by atomic mass is 9.41. The molecule has 16 unspecified atom stereocenters. The highest BCUT2D eigenvalue weighted by molar-refractivity contribution is 5.66. The molecule has 47 heavy (non-hydrogen) atoms. The number of carbonyl (C=O) groups excluding carboxylic acids is 1. The Morgan fingerprint density at radius 3 is 2.19 bits per heavy atom. The van der Waals surface area contributed by atoms with Gasteiger partial charge in [-0.2, -0.15) is 0 Å². The van der Waals surface area contributed by atoms with Gasteiger partial charge >= 0.3 is 5.97 Å². The first-order chi connectivity index (χ1) is 21.7. The Labute approximate surface area is 279 Å². The summed E-state index contributed by atoms with van der Waals surface area (Å²) in [6, 6.07) is 0. The van der Waals surface area contributed by atoms with E-state index in [1.807, 2.05) is 13.8 Å². The van der Waals surface area contributed by atoms with E-state index in [-0.39, 0.29) is 58.0 Å². The van der Waals surface area contributed by atoms with Crippen molar-refractivity contribution in [1.82, 2.24) is 0 Å². The summed E-state index contributed by atoms with van der Waals surface area (Å²) in [4.78, 5) is 11.9. The number of ether oxygens (including phenoxy) is 4. The minimum Gasteiger partial charge on any atom is -0.454 e. The Kier molecular flexibility index (Phi) is 7.80. The van der Waals surface area contributed by atoms with Crippen LogP contribution in [0.2, 0.25) is 0 Å². The molecule has 0 aromatic heterocycles. The maximum atomic E-state index is 12.2. The molecule has 7 fully saturated rings. The molecule has 0 aromatic rings. The zero-order valence-electron chi connectivity index (χ0n) is 29.7. The number of aliphatic hydroxyl groups excluding tert-OH is 4. The van der Waals surface area contributed by atoms with Crippen molar-refractivity contribution in [3.05, 3.63) is 0 Å². The van der Waals surface area contributed by atoms with E-state index in [1.54, 1.807) is 0 Å². The van der Waals surface area contributed by atoms with Gasteiger partial charge in [-0.3, -0.25) is 4.79 Å². The minimum absolute atomic E-state index is 0.00501. The molecule has 7 rings (SSSR count). The van der Waals surface area contributed by atoms with Crippen LogP contribution in [0.15, 0.2) is 0 Å². The molecule has 2 heterocycles. The van der Waals surface area contributed by atoms with Crippen molar-refractivity contribution in [1.29, 1.82) is 0 Å². The highest BCUT2D eigenvalue weighted by Gasteiger charge is 2.85. The molecule has 10 heteroatoms. The van der Waals surface area contributed by atoms with Crippen LogP contribution in [0.5, 0.6) is 0 Å². The first kappa shape index (κ1) is 34.6. The van der Waals surface area contributed by atoms with Crippen molar-refractivity contribution in [2.24, 2.45) is 50.7 Å². The van der Waals surface area contributed by atoms with Crippen molar-refractivity contribution < 1.29 is 49.3 Å². The smallest absolute Gasteiger partial charge is 0.303 e. The second kappa shape index (κ2) is 10.6. The fraction of sp³-hybridized carbons (Fsp3) is 0.973. The number of esters is 1. The first-order valence-electron chi connectivity index (χ1n) is 18.2. The van der Waals surface area contributed by atoms with E-state index in [0.717, 1.165) is 38.5 Å². The molecule has 0 amide bonds. The van der Waals surface area contributed by atoms with Crippen LogP contribution in [-0.2, 0) is 23.7 Å². The number of hydrogen-bond donors (Lipinski definition) is 5. The van der Waals surface area contributed by atoms with Gasteiger partial charge in [0, 0.05) is 18.8 Å². The zero-order chi connectivity index (χ0) is 34.3. The second-order valence-electron chi connectivity index (χ2n) is 18.9. The van der Waals surface area contributed by atoms with Crippen LogP contribution in [0, 0.1) is 50.7 Å². The van der Waals surface area contributed by atoms with Gasteiger partial charge < -0.3 is 44.5 Å². The molecular formula is C37H60O10. The van der Waals surface area contributed by atoms with Crippen LogP contribution in [0.1, 0.15) is 107 Å². The lowest BCUT2D eigenvalue weighted by Crippen LogP contribution is -2.63. The van der Waals surface area contributed by atoms with Crippen LogP contribution in [-0.4, -0.2) is 98.8 Å². The van der Waals surface area contributed by atoms with E-state index >= 15 is 0 Å². The summed E-state index contributed by atoms with van der Waals surface area (Å²) in [5.41, 5.74) is -2.08. The summed E-state index contributed by atoms with van der Waals surface area (Å²) in [6.45, 7) is 16.6. The third-order valence-electron chi connectivity index (χ3n) is 15.9. The van der Waals surface area contributed by atoms with E-state index in [2.05, 4.69) is 34.6 Å². The predicted octanol–water partition coefficient (Wildman–Crippen LogP) is 3.33. The molecule has 2 saturated heterocycles. The normalized spacial score (nSPS) is 56.6. The van der Waals surface area contributed by atoms with Crippen molar-refractivity contribution in [2.75, 3.05) is 13.2 Å². The van der Waals surface area contributed by atoms with Crippen LogP contribution in [0.25, 0.3) is 0 Å². The van der Waals surface area contributed by atoms with Crippen molar-refractivity contribution in [3.63, 3.8) is 0 Å². The van der Waals surface area contributed by atoms with E-state index < -0.39 is 59.4 Å². The summed E-state index contributed by atoms with van der Waals surface area (Å²) in [5, 5.41) is 55.8. The predicted molar refractivity (Wildman–Crippen MR) is 171 cm³/mol. The molecule has 268 valence electrons. The maximum Gasteiger partial charge on any atom is 0.303 e. The fourth-order valence-electron chi connectivity index (χ4n) is 13.7. The van der Waals surface area contributed by atoms with E-state index in [9.17, 15) is 30.3 Å². The van der Waals surface area contributed by atoms with Gasteiger partial charge in [-0.1, -0.05) is 27.7 Å². The minimum atomic E-state index is -1.32. The van der Waals surface area contributed by atoms with Gasteiger partial charge in [0.2, 0.25) is 0 Å². The second-order valence-corrected chi connectivity index (χ2v) is 18.9. The van der Waals surface area contributed by atoms with Crippen LogP contribution < -0.4 is 0 Å². The third kappa shape index (κ3) is 4.60. The molecule has 7 aliphatic rings. The van der Waals surface area contributed by atoms with Gasteiger partial charge in [0.05, 0.1) is 42.7 Å². The molecule has 0 aromatic carbocycles. The van der Waals surface area contributed by atoms with Crippen LogP contribution in [0.3, 0.4) is 0 Å². The Bertz CT molecular complexity index is 1270. The van der Waals surface area contributed by atoms with Gasteiger partial charge in [0.15, 0.2) is 12.4 Å². The number of hydrogen-bond acceptors (Lipinski definition) is 10. The van der Waals surface area contributed by atoms with Gasteiger partial charge in [0.1, 0.15) is 12.2 Å². The van der Waals surface area contributed by atoms with Gasteiger partial charge in [0.25, 0.3) is 0 Å². The number of aliphatic hydroxyl groups is 5. The molecule has 0 bridgehead atoms. The molecule has 5 N–H and O–H groups in total. The molecule has 2 aliphatic heterocycles. The van der Waals surface area contributed by atoms with Gasteiger partial charge in [-0.25, -0.2) is 0 Å². The Morgan fingerprint density at radius 1 is 0.851 bits per heavy atom. The molecule has 16 atom stereocenters. The van der Waals surface area contributed by atoms with Crippen LogP contribution in [0.4, 0.5) is 0 Å². The summed E-state index contributed by atoms with van der Waals surface area (Å²) in [6.07, 6.45) is 0.876. The topological polar surface area (TPSA) is 155 Å². The van der Waals surface area contributed by atoms with Gasteiger partial charge in [-0.05, 0) is 111 Å². The quantitative estimate of drug-likeness (QED) is 0.218. The number of rotatable bonds is 5. The zero-order valence-corrected chi connectivity index (χ0v) is 29.7. The van der Waals surface area contributed by atoms with Crippen molar-refractivity contribution in [2.45, 2.75) is 161 Å². The number of fused-ring (bicyclic) bond motifs is 2. The maximum absolute atomic E-state index is 12.2. The van der Waals surface area contributed by atoms with E-state index in [1.165, 1.54) is 6.92 Å². The number of carbonyl (C=O) groups is 1. The highest BCUT2D eigenvalue weighted by atomic mass is 16.7. The Morgan fingerprint density at radius 2 is 1.55 bits per heavy atom. The standard InChI is InChI=1S/C37H60O10/c1-19(38)46-27-26(42)23(41)17-44-30(27)47-25-9-10-37-18-36(37)12-11-33(6)29(35(8)14-20(16-45-35)32(4,5)43)22(40)15-34(33,7)24(36)13-21(39)28(37)31(25,2)3/h20-30,39-43H,9-18H2,1-8H3. The third-order valence-corrected chi connectivity index (χ3v) is 15.9. The first-order valence-corrected chi connectivity index (χ1v) is 18.2. The Balaban J connectivity index is 1.15. The lowest BCUT2D eigenvalue weighted by Gasteiger charge is -2.64. The average Bonchev–Trinajstić information content (AvgIpc) is 3.30. The fourth-order valence-corrected chi connectivity index (χ4v) is 13.7. The van der Waals surface area contributed by atoms with Crippen molar-refractivity contribution >= 4 is 5.97 Å². The van der Waals surface area contributed by atoms with Gasteiger partial charge in [-0.15, -0.1) is 0 Å². The molecule has 0 radical (unpaired) electrons. The lowest BCUT2D eigenvalue weighted by molar-refractivity contribution is -0.309. The summed E-state index contributed by atoms with van der Waals surface area (Å²) in [7, 11) is 0. The highest BCUT2D eigenvalue weighted by Crippen LogP contribution is 2.89. The Hall–Kier alpha value is -0.850. The molecule has 2 spiro atoms. The summed E-state index contributed by atoms with van der Waals surface area (Å²) < 4.78 is 24.3. The van der Waals surface area contributed by atoms with Crippen molar-refractivity contribution in [3.8, 4) is 0 Å². The van der Waals surface area contributed by atoms with E-state index in [4.69, 9.17) is 18.9 Å². The summed E-state index contributed by atoms with van der Waals surface area (Å²) in [5.74, 6) is -0.350. The largest absolute Gasteiger partial charge is 0.454 e. The van der Waals surface area contributed by atoms with Crippen LogP contribution >= 0.6 is 0 Å². The molecule has 5 saturated carbocycles. The molecule has 10 nitrogen and oxygen atoms in total. The average molecular weight is 665 g/mol. The SMILES string of the molecule is CC(=O)OC1C(OC2CCC34CC35CCC3(C)C(C6(C)CC(C(C)(C)O)CO6)C(O)CC3(C)C5CC(O)C4C2(C)C)OCC(O)C1O. The molecule has 5 aliphatic carbocycles. The monoisotopic (exact) mass is 664 g/mol. The summed E-state index contributed by atoms with van der Waals surface area (Å²) >= 11 is 0.